The smallest absolute Gasteiger partial charge is 0.0629 e. The Kier molecular flexibility index (Phi) is 5.72. The topological polar surface area (TPSA) is 3.24 Å². The average molecular weight is 582 g/mol. The molecule has 45 heavy (non-hydrogen) atoms. The zero-order valence-corrected chi connectivity index (χ0v) is 26.2. The molecule has 0 aliphatic heterocycles. The van der Waals surface area contributed by atoms with E-state index in [1.807, 2.05) is 30.3 Å². The molecule has 2 aliphatic rings. The van der Waals surface area contributed by atoms with Crippen molar-refractivity contribution in [2.45, 2.75) is 38.5 Å². The van der Waals surface area contributed by atoms with E-state index in [0.717, 1.165) is 39.0 Å². The first-order valence-corrected chi connectivity index (χ1v) is 15.8. The van der Waals surface area contributed by atoms with Gasteiger partial charge in [-0.3, -0.25) is 0 Å². The molecule has 0 atom stereocenters. The van der Waals surface area contributed by atoms with Crippen LogP contribution in [0.5, 0.6) is 0 Å². The Balaban J connectivity index is 1.15. The maximum absolute atomic E-state index is 9.16. The van der Waals surface area contributed by atoms with Gasteiger partial charge in [0.15, 0.2) is 0 Å². The van der Waals surface area contributed by atoms with E-state index in [2.05, 4.69) is 142 Å². The van der Waals surface area contributed by atoms with Crippen molar-refractivity contribution in [2.24, 2.45) is 0 Å². The summed E-state index contributed by atoms with van der Waals surface area (Å²) in [4.78, 5) is 2.25. The fourth-order valence-corrected chi connectivity index (χ4v) is 7.64. The van der Waals surface area contributed by atoms with Gasteiger partial charge in [0.05, 0.1) is 2.74 Å². The highest BCUT2D eigenvalue weighted by molar-refractivity contribution is 6.09. The zero-order valence-electron chi connectivity index (χ0n) is 28.2. The first kappa shape index (κ1) is 25.2. The number of nitrogens with zero attached hydrogens (tertiary/aromatic N) is 1. The number of anilines is 3. The number of hydrogen-bond donors (Lipinski definition) is 0. The SMILES string of the molecule is [2H]/C(=C(/[2H])c1ccc2cc(N(c3ccccc3)c3ccccc3)ccc2c1)c1ccc2c(c1)C(C)(C)C1=C2C(C)(C)c2ccccc21. The van der Waals surface area contributed by atoms with Crippen molar-refractivity contribution in [2.75, 3.05) is 4.90 Å². The minimum atomic E-state index is -0.193. The summed E-state index contributed by atoms with van der Waals surface area (Å²) < 4.78 is 18.3. The van der Waals surface area contributed by atoms with Crippen LogP contribution < -0.4 is 4.90 Å². The summed E-state index contributed by atoms with van der Waals surface area (Å²) in [7, 11) is 0. The van der Waals surface area contributed by atoms with E-state index >= 15 is 0 Å². The number of fused-ring (bicyclic) bond motifs is 5. The molecule has 0 amide bonds. The van der Waals surface area contributed by atoms with Crippen LogP contribution in [0.1, 0.15) is 63.8 Å². The lowest BCUT2D eigenvalue weighted by Gasteiger charge is -2.28. The minimum Gasteiger partial charge on any atom is -0.310 e. The van der Waals surface area contributed by atoms with Crippen molar-refractivity contribution < 1.29 is 2.74 Å². The molecule has 0 aromatic heterocycles. The van der Waals surface area contributed by atoms with Gasteiger partial charge in [-0.05, 0) is 97.8 Å². The highest BCUT2D eigenvalue weighted by Crippen LogP contribution is 2.62. The fourth-order valence-electron chi connectivity index (χ4n) is 7.64. The first-order chi connectivity index (χ1) is 22.7. The molecule has 0 bridgehead atoms. The molecule has 0 saturated heterocycles. The van der Waals surface area contributed by atoms with Crippen LogP contribution >= 0.6 is 0 Å². The number of para-hydroxylation sites is 2. The Hall–Kier alpha value is -5.14. The monoisotopic (exact) mass is 581 g/mol. The van der Waals surface area contributed by atoms with Crippen LogP contribution in [0.15, 0.2) is 140 Å². The minimum absolute atomic E-state index is 0.0830. The Labute approximate surface area is 269 Å². The molecule has 0 spiro atoms. The molecule has 2 aliphatic carbocycles. The number of hydrogen-bond acceptors (Lipinski definition) is 1. The third-order valence-corrected chi connectivity index (χ3v) is 9.79. The highest BCUT2D eigenvalue weighted by atomic mass is 15.1. The largest absolute Gasteiger partial charge is 0.310 e. The van der Waals surface area contributed by atoms with Crippen molar-refractivity contribution in [3.63, 3.8) is 0 Å². The van der Waals surface area contributed by atoms with Crippen molar-refractivity contribution in [3.05, 3.63) is 173 Å². The first-order valence-electron chi connectivity index (χ1n) is 16.8. The summed E-state index contributed by atoms with van der Waals surface area (Å²) in [6.45, 7) is 9.27. The molecule has 0 saturated carbocycles. The van der Waals surface area contributed by atoms with E-state index in [4.69, 9.17) is 2.74 Å². The molecule has 1 nitrogen and oxygen atoms in total. The van der Waals surface area contributed by atoms with Gasteiger partial charge in [-0.2, -0.15) is 0 Å². The van der Waals surface area contributed by atoms with E-state index in [9.17, 15) is 0 Å². The van der Waals surface area contributed by atoms with E-state index in [0.29, 0.717) is 0 Å². The molecular formula is C44H37N. The molecule has 6 aromatic rings. The van der Waals surface area contributed by atoms with Crippen LogP contribution in [0.2, 0.25) is 0 Å². The lowest BCUT2D eigenvalue weighted by molar-refractivity contribution is 0.694. The predicted octanol–water partition coefficient (Wildman–Crippen LogP) is 12.0. The van der Waals surface area contributed by atoms with E-state index in [1.165, 1.54) is 33.4 Å². The van der Waals surface area contributed by atoms with Gasteiger partial charge in [0.25, 0.3) is 0 Å². The van der Waals surface area contributed by atoms with Crippen molar-refractivity contribution in [1.82, 2.24) is 0 Å². The standard InChI is InChI=1S/C44H37N/c1-43(2)39-18-12-11-17-37(39)41-42(43)38-26-22-31(28-40(38)44(41,3)4)20-19-30-21-23-33-29-36(25-24-32(33)27-30)45(34-13-7-5-8-14-34)35-15-9-6-10-16-35/h5-29H,1-4H3/b20-19+/i19D,20D. The van der Waals surface area contributed by atoms with Gasteiger partial charge in [-0.25, -0.2) is 0 Å². The van der Waals surface area contributed by atoms with E-state index in [-0.39, 0.29) is 22.9 Å². The van der Waals surface area contributed by atoms with Gasteiger partial charge in [0.2, 0.25) is 0 Å². The summed E-state index contributed by atoms with van der Waals surface area (Å²) in [5.74, 6) is 0. The average Bonchev–Trinajstić information content (AvgIpc) is 3.49. The van der Waals surface area contributed by atoms with Gasteiger partial charge in [0.1, 0.15) is 0 Å². The summed E-state index contributed by atoms with van der Waals surface area (Å²) in [6.07, 6.45) is 0. The Morgan fingerprint density at radius 1 is 0.467 bits per heavy atom. The second-order valence-corrected chi connectivity index (χ2v) is 13.3. The normalized spacial score (nSPS) is 16.8. The Morgan fingerprint density at radius 3 is 1.67 bits per heavy atom. The van der Waals surface area contributed by atoms with Crippen molar-refractivity contribution >= 4 is 51.1 Å². The second kappa shape index (κ2) is 10.2. The maximum Gasteiger partial charge on any atom is 0.0629 e. The van der Waals surface area contributed by atoms with Crippen LogP contribution in [-0.2, 0) is 10.8 Å². The maximum atomic E-state index is 9.16. The molecule has 1 heteroatoms. The fraction of sp³-hybridized carbons (Fsp3) is 0.136. The number of rotatable bonds is 5. The third-order valence-electron chi connectivity index (χ3n) is 9.79. The molecule has 0 fully saturated rings. The third kappa shape index (κ3) is 4.37. The van der Waals surface area contributed by atoms with Gasteiger partial charge in [-0.15, -0.1) is 0 Å². The number of benzene rings is 6. The Bertz CT molecular complexity index is 2220. The molecular weight excluding hydrogens is 542 g/mol. The van der Waals surface area contributed by atoms with Gasteiger partial charge >= 0.3 is 0 Å². The van der Waals surface area contributed by atoms with Crippen LogP contribution in [0.3, 0.4) is 0 Å². The van der Waals surface area contributed by atoms with Crippen molar-refractivity contribution in [1.29, 1.82) is 0 Å². The highest BCUT2D eigenvalue weighted by Gasteiger charge is 2.49. The summed E-state index contributed by atoms with van der Waals surface area (Å²) in [6, 6.07) is 49.0. The summed E-state index contributed by atoms with van der Waals surface area (Å²) in [5, 5.41) is 2.13. The van der Waals surface area contributed by atoms with Gasteiger partial charge in [-0.1, -0.05) is 137 Å². The van der Waals surface area contributed by atoms with E-state index in [1.54, 1.807) is 0 Å². The quantitative estimate of drug-likeness (QED) is 0.183. The lowest BCUT2D eigenvalue weighted by Crippen LogP contribution is -2.19. The Morgan fingerprint density at radius 2 is 0.978 bits per heavy atom. The molecule has 8 rings (SSSR count). The molecule has 0 heterocycles. The summed E-state index contributed by atoms with van der Waals surface area (Å²) in [5.41, 5.74) is 12.6. The van der Waals surface area contributed by atoms with Crippen LogP contribution in [-0.4, -0.2) is 0 Å². The zero-order chi connectivity index (χ0) is 32.5. The molecule has 218 valence electrons. The van der Waals surface area contributed by atoms with Gasteiger partial charge < -0.3 is 4.90 Å². The lowest BCUT2D eigenvalue weighted by atomic mass is 9.75. The second-order valence-electron chi connectivity index (χ2n) is 13.3. The predicted molar refractivity (Wildman–Crippen MR) is 193 cm³/mol. The summed E-state index contributed by atoms with van der Waals surface area (Å²) >= 11 is 0. The molecule has 0 radical (unpaired) electrons. The van der Waals surface area contributed by atoms with Crippen LogP contribution in [0.4, 0.5) is 17.1 Å². The van der Waals surface area contributed by atoms with Crippen molar-refractivity contribution in [3.8, 4) is 0 Å². The van der Waals surface area contributed by atoms with E-state index < -0.39 is 0 Å². The molecule has 0 unspecified atom stereocenters. The number of allylic oxidation sites excluding steroid dienone is 2. The van der Waals surface area contributed by atoms with Crippen LogP contribution in [0.25, 0.3) is 34.0 Å². The molecule has 0 N–H and O–H groups in total. The van der Waals surface area contributed by atoms with Gasteiger partial charge in [0, 0.05) is 27.9 Å². The molecule has 6 aromatic carbocycles. The van der Waals surface area contributed by atoms with Crippen LogP contribution in [0, 0.1) is 0 Å².